The fraction of sp³-hybridized carbons (Fsp3) is 0.467. The zero-order chi connectivity index (χ0) is 15.7. The monoisotopic (exact) mass is 313 g/mol. The van der Waals surface area contributed by atoms with Gasteiger partial charge in [-0.3, -0.25) is 9.59 Å². The van der Waals surface area contributed by atoms with Gasteiger partial charge in [0.05, 0.1) is 24.1 Å². The SMILES string of the molecule is COCCCN(CCC(=O)OC)C(=O)c1ccccc1Cl. The number of nitrogens with zero attached hydrogens (tertiary/aromatic N) is 1. The minimum atomic E-state index is -0.348. The van der Waals surface area contributed by atoms with Crippen LogP contribution in [0, 0.1) is 0 Å². The summed E-state index contributed by atoms with van der Waals surface area (Å²) in [5, 5.41) is 0.400. The number of carbonyl (C=O) groups is 2. The third-order valence-electron chi connectivity index (χ3n) is 2.98. The molecule has 0 atom stereocenters. The van der Waals surface area contributed by atoms with Crippen LogP contribution in [0.25, 0.3) is 0 Å². The molecule has 0 aromatic heterocycles. The number of esters is 1. The van der Waals surface area contributed by atoms with Crippen LogP contribution in [0.5, 0.6) is 0 Å². The predicted molar refractivity (Wildman–Crippen MR) is 80.5 cm³/mol. The smallest absolute Gasteiger partial charge is 0.307 e. The van der Waals surface area contributed by atoms with E-state index in [1.165, 1.54) is 7.11 Å². The Bertz CT molecular complexity index is 478. The van der Waals surface area contributed by atoms with E-state index in [1.54, 1.807) is 36.3 Å². The molecule has 116 valence electrons. The molecular weight excluding hydrogens is 294 g/mol. The van der Waals surface area contributed by atoms with Gasteiger partial charge in [0.2, 0.25) is 0 Å². The van der Waals surface area contributed by atoms with Crippen LogP contribution in [0.2, 0.25) is 5.02 Å². The van der Waals surface area contributed by atoms with Gasteiger partial charge in [-0.1, -0.05) is 23.7 Å². The molecule has 0 aliphatic rings. The Morgan fingerprint density at radius 3 is 2.52 bits per heavy atom. The van der Waals surface area contributed by atoms with Crippen LogP contribution < -0.4 is 0 Å². The van der Waals surface area contributed by atoms with Crippen molar-refractivity contribution >= 4 is 23.5 Å². The second-order valence-electron chi connectivity index (χ2n) is 4.44. The molecule has 0 unspecified atom stereocenters. The first-order chi connectivity index (χ1) is 10.1. The number of hydrogen-bond acceptors (Lipinski definition) is 4. The van der Waals surface area contributed by atoms with Crippen molar-refractivity contribution in [1.82, 2.24) is 4.90 Å². The highest BCUT2D eigenvalue weighted by Gasteiger charge is 2.18. The lowest BCUT2D eigenvalue weighted by Crippen LogP contribution is -2.34. The van der Waals surface area contributed by atoms with Gasteiger partial charge in [0.15, 0.2) is 0 Å². The maximum atomic E-state index is 12.5. The fourth-order valence-corrected chi connectivity index (χ4v) is 2.06. The minimum absolute atomic E-state index is 0.152. The summed E-state index contributed by atoms with van der Waals surface area (Å²) >= 11 is 6.05. The van der Waals surface area contributed by atoms with Gasteiger partial charge in [0.1, 0.15) is 0 Å². The molecule has 0 fully saturated rings. The Morgan fingerprint density at radius 1 is 1.19 bits per heavy atom. The molecule has 0 spiro atoms. The maximum Gasteiger partial charge on any atom is 0.307 e. The van der Waals surface area contributed by atoms with E-state index in [9.17, 15) is 9.59 Å². The van der Waals surface area contributed by atoms with Crippen molar-refractivity contribution in [1.29, 1.82) is 0 Å². The van der Waals surface area contributed by atoms with E-state index < -0.39 is 0 Å². The molecule has 1 aromatic carbocycles. The largest absolute Gasteiger partial charge is 0.469 e. The van der Waals surface area contributed by atoms with Gasteiger partial charge in [-0.05, 0) is 18.6 Å². The average Bonchev–Trinajstić information content (AvgIpc) is 2.50. The lowest BCUT2D eigenvalue weighted by Gasteiger charge is -2.22. The highest BCUT2D eigenvalue weighted by atomic mass is 35.5. The van der Waals surface area contributed by atoms with Gasteiger partial charge in [0.25, 0.3) is 5.91 Å². The van der Waals surface area contributed by atoms with E-state index in [1.807, 2.05) is 0 Å². The zero-order valence-electron chi connectivity index (χ0n) is 12.3. The number of halogens is 1. The van der Waals surface area contributed by atoms with Gasteiger partial charge in [-0.15, -0.1) is 0 Å². The molecule has 21 heavy (non-hydrogen) atoms. The fourth-order valence-electron chi connectivity index (χ4n) is 1.85. The van der Waals surface area contributed by atoms with Gasteiger partial charge in [-0.2, -0.15) is 0 Å². The van der Waals surface area contributed by atoms with Gasteiger partial charge < -0.3 is 14.4 Å². The normalized spacial score (nSPS) is 10.2. The summed E-state index contributed by atoms with van der Waals surface area (Å²) in [6.45, 7) is 1.33. The molecule has 1 aromatic rings. The first kappa shape index (κ1) is 17.5. The molecule has 5 nitrogen and oxygen atoms in total. The van der Waals surface area contributed by atoms with Crippen molar-refractivity contribution in [3.8, 4) is 0 Å². The number of rotatable bonds is 8. The second-order valence-corrected chi connectivity index (χ2v) is 4.85. The van der Waals surface area contributed by atoms with E-state index in [4.69, 9.17) is 16.3 Å². The highest BCUT2D eigenvalue weighted by molar-refractivity contribution is 6.33. The van der Waals surface area contributed by atoms with Crippen LogP contribution in [0.15, 0.2) is 24.3 Å². The molecule has 6 heteroatoms. The molecule has 1 rings (SSSR count). The first-order valence-electron chi connectivity index (χ1n) is 6.69. The van der Waals surface area contributed by atoms with Gasteiger partial charge >= 0.3 is 5.97 Å². The Balaban J connectivity index is 2.76. The zero-order valence-corrected chi connectivity index (χ0v) is 13.1. The first-order valence-corrected chi connectivity index (χ1v) is 7.07. The topological polar surface area (TPSA) is 55.8 Å². The molecule has 0 aliphatic carbocycles. The number of methoxy groups -OCH3 is 2. The summed E-state index contributed by atoms with van der Waals surface area (Å²) in [5.74, 6) is -0.542. The molecule has 0 heterocycles. The second kappa shape index (κ2) is 9.37. The van der Waals surface area contributed by atoms with Crippen LogP contribution in [0.1, 0.15) is 23.2 Å². The minimum Gasteiger partial charge on any atom is -0.469 e. The Hall–Kier alpha value is -1.59. The Labute approximate surface area is 129 Å². The lowest BCUT2D eigenvalue weighted by molar-refractivity contribution is -0.140. The van der Waals surface area contributed by atoms with E-state index in [2.05, 4.69) is 4.74 Å². The van der Waals surface area contributed by atoms with Crippen molar-refractivity contribution in [3.63, 3.8) is 0 Å². The van der Waals surface area contributed by atoms with Crippen molar-refractivity contribution in [2.24, 2.45) is 0 Å². The van der Waals surface area contributed by atoms with E-state index in [0.717, 1.165) is 0 Å². The Morgan fingerprint density at radius 2 is 1.90 bits per heavy atom. The van der Waals surface area contributed by atoms with Crippen molar-refractivity contribution < 1.29 is 19.1 Å². The molecule has 0 radical (unpaired) electrons. The third-order valence-corrected chi connectivity index (χ3v) is 3.31. The average molecular weight is 314 g/mol. The van der Waals surface area contributed by atoms with Crippen LogP contribution in [-0.4, -0.2) is 50.7 Å². The highest BCUT2D eigenvalue weighted by Crippen LogP contribution is 2.17. The summed E-state index contributed by atoms with van der Waals surface area (Å²) in [7, 11) is 2.93. The van der Waals surface area contributed by atoms with Crippen LogP contribution in [-0.2, 0) is 14.3 Å². The van der Waals surface area contributed by atoms with Crippen LogP contribution in [0.3, 0.4) is 0 Å². The summed E-state index contributed by atoms with van der Waals surface area (Å²) < 4.78 is 9.60. The number of amides is 1. The van der Waals surface area contributed by atoms with Gasteiger partial charge in [-0.25, -0.2) is 0 Å². The molecular formula is C15H20ClNO4. The number of ether oxygens (including phenoxy) is 2. The number of carbonyl (C=O) groups excluding carboxylic acids is 2. The Kier molecular flexibility index (Phi) is 7.79. The van der Waals surface area contributed by atoms with Crippen molar-refractivity contribution in [2.45, 2.75) is 12.8 Å². The molecule has 0 saturated heterocycles. The number of benzene rings is 1. The van der Waals surface area contributed by atoms with Crippen LogP contribution in [0.4, 0.5) is 0 Å². The maximum absolute atomic E-state index is 12.5. The van der Waals surface area contributed by atoms with Crippen molar-refractivity contribution in [2.75, 3.05) is 33.9 Å². The summed E-state index contributed by atoms with van der Waals surface area (Å²) in [6.07, 6.45) is 0.841. The van der Waals surface area contributed by atoms with E-state index in [-0.39, 0.29) is 18.3 Å². The molecule has 1 amide bonds. The standard InChI is InChI=1S/C15H20ClNO4/c1-20-11-5-9-17(10-8-14(18)21-2)15(19)12-6-3-4-7-13(12)16/h3-4,6-7H,5,8-11H2,1-2H3. The van der Waals surface area contributed by atoms with Crippen LogP contribution >= 0.6 is 11.6 Å². The lowest BCUT2D eigenvalue weighted by atomic mass is 10.2. The quantitative estimate of drug-likeness (QED) is 0.546. The number of hydrogen-bond donors (Lipinski definition) is 0. The van der Waals surface area contributed by atoms with Gasteiger partial charge in [0, 0.05) is 26.8 Å². The predicted octanol–water partition coefficient (Wildman–Crippen LogP) is 2.38. The van der Waals surface area contributed by atoms with E-state index in [0.29, 0.717) is 36.7 Å². The summed E-state index contributed by atoms with van der Waals surface area (Å²) in [6, 6.07) is 6.87. The van der Waals surface area contributed by atoms with Crippen molar-refractivity contribution in [3.05, 3.63) is 34.9 Å². The summed E-state index contributed by atoms with van der Waals surface area (Å²) in [5.41, 5.74) is 0.432. The molecule has 0 N–H and O–H groups in total. The van der Waals surface area contributed by atoms with E-state index >= 15 is 0 Å². The summed E-state index contributed by atoms with van der Waals surface area (Å²) in [4.78, 5) is 25.4. The molecule has 0 aliphatic heterocycles. The molecule has 0 bridgehead atoms. The third kappa shape index (κ3) is 5.73. The molecule has 0 saturated carbocycles.